The molecule has 2 rings (SSSR count). The molecule has 0 aliphatic rings. The molecule has 0 aliphatic carbocycles. The highest BCUT2D eigenvalue weighted by Gasteiger charge is 2.06. The van der Waals surface area contributed by atoms with E-state index in [0.29, 0.717) is 24.2 Å². The standard InChI is InChI=1S/C20H24N2O2/c1-2-15-21-20(24)17-11-13-18(14-12-17)22-19(23)10-6-9-16-7-4-3-5-8-16/h3-5,7-8,11-14H,2,6,9-10,15H2,1H3,(H,21,24)(H,22,23). The lowest BCUT2D eigenvalue weighted by Gasteiger charge is -2.07. The van der Waals surface area contributed by atoms with E-state index in [-0.39, 0.29) is 11.8 Å². The minimum absolute atomic E-state index is 0.00545. The van der Waals surface area contributed by atoms with Gasteiger partial charge in [0.05, 0.1) is 0 Å². The predicted octanol–water partition coefficient (Wildman–Crippen LogP) is 3.79. The van der Waals surface area contributed by atoms with Gasteiger partial charge in [0.2, 0.25) is 5.91 Å². The first kappa shape index (κ1) is 17.7. The molecule has 4 heteroatoms. The van der Waals surface area contributed by atoms with Crippen LogP contribution in [-0.4, -0.2) is 18.4 Å². The van der Waals surface area contributed by atoms with Gasteiger partial charge in [-0.1, -0.05) is 37.3 Å². The second-order valence-corrected chi connectivity index (χ2v) is 5.72. The first-order chi connectivity index (χ1) is 11.7. The van der Waals surface area contributed by atoms with Crippen molar-refractivity contribution < 1.29 is 9.59 Å². The zero-order valence-corrected chi connectivity index (χ0v) is 14.0. The Morgan fingerprint density at radius 1 is 0.958 bits per heavy atom. The van der Waals surface area contributed by atoms with E-state index in [1.54, 1.807) is 24.3 Å². The Labute approximate surface area is 143 Å². The molecule has 2 amide bonds. The van der Waals surface area contributed by atoms with Gasteiger partial charge in [-0.2, -0.15) is 0 Å². The van der Waals surface area contributed by atoms with E-state index >= 15 is 0 Å². The van der Waals surface area contributed by atoms with Gasteiger partial charge < -0.3 is 10.6 Å². The van der Waals surface area contributed by atoms with Crippen molar-refractivity contribution in [2.45, 2.75) is 32.6 Å². The van der Waals surface area contributed by atoms with Crippen LogP contribution < -0.4 is 10.6 Å². The van der Waals surface area contributed by atoms with Gasteiger partial charge in [-0.3, -0.25) is 9.59 Å². The topological polar surface area (TPSA) is 58.2 Å². The van der Waals surface area contributed by atoms with E-state index in [1.807, 2.05) is 25.1 Å². The van der Waals surface area contributed by atoms with E-state index < -0.39 is 0 Å². The van der Waals surface area contributed by atoms with Crippen molar-refractivity contribution in [2.75, 3.05) is 11.9 Å². The fourth-order valence-electron chi connectivity index (χ4n) is 2.37. The van der Waals surface area contributed by atoms with Crippen molar-refractivity contribution in [1.29, 1.82) is 0 Å². The van der Waals surface area contributed by atoms with Gasteiger partial charge in [0.1, 0.15) is 0 Å². The molecular formula is C20H24N2O2. The lowest BCUT2D eigenvalue weighted by atomic mass is 10.1. The van der Waals surface area contributed by atoms with Crippen LogP contribution in [0.5, 0.6) is 0 Å². The first-order valence-electron chi connectivity index (χ1n) is 8.41. The average molecular weight is 324 g/mol. The maximum Gasteiger partial charge on any atom is 0.251 e. The van der Waals surface area contributed by atoms with E-state index in [1.165, 1.54) is 5.56 Å². The molecule has 0 aromatic heterocycles. The fourth-order valence-corrected chi connectivity index (χ4v) is 2.37. The normalized spacial score (nSPS) is 10.2. The zero-order valence-electron chi connectivity index (χ0n) is 14.0. The van der Waals surface area contributed by atoms with Gasteiger partial charge in [-0.25, -0.2) is 0 Å². The zero-order chi connectivity index (χ0) is 17.2. The summed E-state index contributed by atoms with van der Waals surface area (Å²) in [6, 6.07) is 17.1. The molecular weight excluding hydrogens is 300 g/mol. The Bertz CT molecular complexity index is 651. The molecule has 0 heterocycles. The van der Waals surface area contributed by atoms with E-state index in [2.05, 4.69) is 22.8 Å². The van der Waals surface area contributed by atoms with E-state index in [9.17, 15) is 9.59 Å². The second kappa shape index (κ2) is 9.50. The quantitative estimate of drug-likeness (QED) is 0.776. The summed E-state index contributed by atoms with van der Waals surface area (Å²) in [5.41, 5.74) is 2.56. The third-order valence-electron chi connectivity index (χ3n) is 3.68. The molecule has 0 saturated heterocycles. The third-order valence-corrected chi connectivity index (χ3v) is 3.68. The number of carbonyl (C=O) groups excluding carboxylic acids is 2. The van der Waals surface area contributed by atoms with Crippen LogP contribution in [0.4, 0.5) is 5.69 Å². The summed E-state index contributed by atoms with van der Waals surface area (Å²) in [6.45, 7) is 2.68. The number of nitrogens with one attached hydrogen (secondary N) is 2. The minimum Gasteiger partial charge on any atom is -0.352 e. The molecule has 24 heavy (non-hydrogen) atoms. The molecule has 0 bridgehead atoms. The van der Waals surface area contributed by atoms with Gasteiger partial charge in [0.15, 0.2) is 0 Å². The van der Waals surface area contributed by atoms with Gasteiger partial charge in [0, 0.05) is 24.2 Å². The maximum absolute atomic E-state index is 12.0. The molecule has 2 N–H and O–H groups in total. The number of hydrogen-bond donors (Lipinski definition) is 2. The van der Waals surface area contributed by atoms with Crippen molar-refractivity contribution in [3.05, 3.63) is 65.7 Å². The highest BCUT2D eigenvalue weighted by Crippen LogP contribution is 2.11. The van der Waals surface area contributed by atoms with Crippen molar-refractivity contribution in [1.82, 2.24) is 5.32 Å². The van der Waals surface area contributed by atoms with Crippen molar-refractivity contribution in [3.8, 4) is 0 Å². The molecule has 0 spiro atoms. The molecule has 0 radical (unpaired) electrons. The minimum atomic E-state index is -0.0856. The summed E-state index contributed by atoms with van der Waals surface area (Å²) in [5.74, 6) is -0.0910. The van der Waals surface area contributed by atoms with Gasteiger partial charge >= 0.3 is 0 Å². The lowest BCUT2D eigenvalue weighted by Crippen LogP contribution is -2.23. The monoisotopic (exact) mass is 324 g/mol. The molecule has 0 atom stereocenters. The van der Waals surface area contributed by atoms with E-state index in [4.69, 9.17) is 0 Å². The number of anilines is 1. The summed E-state index contributed by atoms with van der Waals surface area (Å²) >= 11 is 0. The first-order valence-corrected chi connectivity index (χ1v) is 8.41. The van der Waals surface area contributed by atoms with Crippen molar-refractivity contribution in [3.63, 3.8) is 0 Å². The van der Waals surface area contributed by atoms with Crippen LogP contribution in [0.2, 0.25) is 0 Å². The summed E-state index contributed by atoms with van der Waals surface area (Å²) in [7, 11) is 0. The molecule has 0 fully saturated rings. The van der Waals surface area contributed by atoms with Gasteiger partial charge in [-0.05, 0) is 49.1 Å². The van der Waals surface area contributed by atoms with Gasteiger partial charge in [0.25, 0.3) is 5.91 Å². The van der Waals surface area contributed by atoms with Crippen LogP contribution in [-0.2, 0) is 11.2 Å². The van der Waals surface area contributed by atoms with Crippen LogP contribution in [0.3, 0.4) is 0 Å². The maximum atomic E-state index is 12.0. The highest BCUT2D eigenvalue weighted by molar-refractivity contribution is 5.95. The number of carbonyl (C=O) groups is 2. The predicted molar refractivity (Wildman–Crippen MR) is 97.1 cm³/mol. The molecule has 2 aromatic rings. The van der Waals surface area contributed by atoms with Gasteiger partial charge in [-0.15, -0.1) is 0 Å². The Hall–Kier alpha value is -2.62. The molecule has 4 nitrogen and oxygen atoms in total. The molecule has 2 aromatic carbocycles. The Kier molecular flexibility index (Phi) is 7.02. The summed E-state index contributed by atoms with van der Waals surface area (Å²) in [4.78, 5) is 23.8. The summed E-state index contributed by atoms with van der Waals surface area (Å²) < 4.78 is 0. The Balaban J connectivity index is 1.76. The largest absolute Gasteiger partial charge is 0.352 e. The SMILES string of the molecule is CCCNC(=O)c1ccc(NC(=O)CCCc2ccccc2)cc1. The van der Waals surface area contributed by atoms with Crippen molar-refractivity contribution >= 4 is 17.5 Å². The number of hydrogen-bond acceptors (Lipinski definition) is 2. The smallest absolute Gasteiger partial charge is 0.251 e. The van der Waals surface area contributed by atoms with Crippen LogP contribution in [0, 0.1) is 0 Å². The highest BCUT2D eigenvalue weighted by atomic mass is 16.2. The number of aryl methyl sites for hydroxylation is 1. The molecule has 0 aliphatic heterocycles. The molecule has 0 unspecified atom stereocenters. The van der Waals surface area contributed by atoms with Crippen molar-refractivity contribution in [2.24, 2.45) is 0 Å². The number of rotatable bonds is 8. The Morgan fingerprint density at radius 2 is 1.67 bits per heavy atom. The van der Waals surface area contributed by atoms with Crippen LogP contribution in [0.15, 0.2) is 54.6 Å². The summed E-state index contributed by atoms with van der Waals surface area (Å²) in [6.07, 6.45) is 3.09. The van der Waals surface area contributed by atoms with Crippen LogP contribution >= 0.6 is 0 Å². The molecule has 126 valence electrons. The third kappa shape index (κ3) is 5.88. The average Bonchev–Trinajstić information content (AvgIpc) is 2.61. The van der Waals surface area contributed by atoms with Crippen LogP contribution in [0.1, 0.15) is 42.1 Å². The number of amides is 2. The van der Waals surface area contributed by atoms with Crippen LogP contribution in [0.25, 0.3) is 0 Å². The lowest BCUT2D eigenvalue weighted by molar-refractivity contribution is -0.116. The Morgan fingerprint density at radius 3 is 2.33 bits per heavy atom. The fraction of sp³-hybridized carbons (Fsp3) is 0.300. The second-order valence-electron chi connectivity index (χ2n) is 5.72. The number of benzene rings is 2. The summed E-state index contributed by atoms with van der Waals surface area (Å²) in [5, 5.41) is 5.69. The van der Waals surface area contributed by atoms with E-state index in [0.717, 1.165) is 19.3 Å². The molecule has 0 saturated carbocycles.